The molecule has 2 heteroatoms. The summed E-state index contributed by atoms with van der Waals surface area (Å²) in [6.45, 7) is 2.14. The zero-order valence-corrected chi connectivity index (χ0v) is 10.3. The molecule has 0 aliphatic heterocycles. The Kier molecular flexibility index (Phi) is 5.30. The van der Waals surface area contributed by atoms with Crippen molar-refractivity contribution in [3.05, 3.63) is 0 Å². The Labute approximate surface area is 93.8 Å². The Bertz CT molecular complexity index is 195. The van der Waals surface area contributed by atoms with Crippen LogP contribution in [0.1, 0.15) is 64.7 Å². The maximum atomic E-state index is 11.8. The van der Waals surface area contributed by atoms with Crippen molar-refractivity contribution >= 4 is 5.78 Å². The molecule has 1 aliphatic carbocycles. The van der Waals surface area contributed by atoms with E-state index in [1.165, 1.54) is 32.1 Å². The van der Waals surface area contributed by atoms with Gasteiger partial charge in [0.05, 0.1) is 0 Å². The molecule has 0 heterocycles. The molecule has 0 atom stereocenters. The third kappa shape index (κ3) is 3.94. The van der Waals surface area contributed by atoms with Crippen molar-refractivity contribution in [3.63, 3.8) is 0 Å². The number of rotatable bonds is 6. The van der Waals surface area contributed by atoms with E-state index in [1.54, 1.807) is 0 Å². The minimum Gasteiger partial charge on any atom is -0.314 e. The van der Waals surface area contributed by atoms with Gasteiger partial charge in [-0.05, 0) is 26.3 Å². The Morgan fingerprint density at radius 2 is 1.93 bits per heavy atom. The number of ketones is 1. The minimum atomic E-state index is 0.142. The molecule has 2 nitrogen and oxygen atoms in total. The summed E-state index contributed by atoms with van der Waals surface area (Å²) in [6, 6.07) is 0. The van der Waals surface area contributed by atoms with Crippen LogP contribution in [0.4, 0.5) is 0 Å². The van der Waals surface area contributed by atoms with Crippen LogP contribution in [0, 0.1) is 0 Å². The topological polar surface area (TPSA) is 29.1 Å². The molecule has 1 fully saturated rings. The van der Waals surface area contributed by atoms with Gasteiger partial charge in [-0.2, -0.15) is 0 Å². The molecule has 0 aromatic carbocycles. The number of Topliss-reactive ketones (excluding diaryl/α,β-unsaturated/α-hetero) is 1. The van der Waals surface area contributed by atoms with E-state index in [0.717, 1.165) is 25.7 Å². The predicted octanol–water partition coefficient (Wildman–Crippen LogP) is 3.06. The Balaban J connectivity index is 2.40. The molecule has 15 heavy (non-hydrogen) atoms. The first-order chi connectivity index (χ1) is 7.22. The number of carbonyl (C=O) groups is 1. The molecule has 0 radical (unpaired) electrons. The predicted molar refractivity (Wildman–Crippen MR) is 64.0 cm³/mol. The summed E-state index contributed by atoms with van der Waals surface area (Å²) < 4.78 is 0. The van der Waals surface area contributed by atoms with E-state index in [2.05, 4.69) is 12.2 Å². The number of carbonyl (C=O) groups excluding carboxylic acids is 1. The fourth-order valence-corrected chi connectivity index (χ4v) is 2.58. The van der Waals surface area contributed by atoms with Gasteiger partial charge in [-0.15, -0.1) is 0 Å². The van der Waals surface area contributed by atoms with E-state index >= 15 is 0 Å². The Morgan fingerprint density at radius 3 is 2.47 bits per heavy atom. The van der Waals surface area contributed by atoms with Gasteiger partial charge in [0.2, 0.25) is 0 Å². The van der Waals surface area contributed by atoms with Crippen molar-refractivity contribution in [2.45, 2.75) is 70.3 Å². The molecule has 0 unspecified atom stereocenters. The lowest BCUT2D eigenvalue weighted by molar-refractivity contribution is -0.120. The lowest BCUT2D eigenvalue weighted by Crippen LogP contribution is -2.46. The molecule has 1 saturated carbocycles. The molecule has 0 aromatic heterocycles. The van der Waals surface area contributed by atoms with Crippen LogP contribution in [0.25, 0.3) is 0 Å². The van der Waals surface area contributed by atoms with Gasteiger partial charge >= 0.3 is 0 Å². The second-order valence-electron chi connectivity index (χ2n) is 4.91. The highest BCUT2D eigenvalue weighted by atomic mass is 16.1. The highest BCUT2D eigenvalue weighted by molar-refractivity contribution is 5.79. The average molecular weight is 211 g/mol. The molecule has 1 rings (SSSR count). The summed E-state index contributed by atoms with van der Waals surface area (Å²) in [5, 5.41) is 3.40. The van der Waals surface area contributed by atoms with Crippen molar-refractivity contribution in [1.29, 1.82) is 0 Å². The van der Waals surface area contributed by atoms with Crippen molar-refractivity contribution < 1.29 is 4.79 Å². The quantitative estimate of drug-likeness (QED) is 0.731. The zero-order chi connectivity index (χ0) is 11.1. The van der Waals surface area contributed by atoms with Gasteiger partial charge in [0.25, 0.3) is 0 Å². The van der Waals surface area contributed by atoms with Gasteiger partial charge in [0.15, 0.2) is 0 Å². The first kappa shape index (κ1) is 12.7. The smallest absolute Gasteiger partial charge is 0.134 e. The van der Waals surface area contributed by atoms with Gasteiger partial charge in [0.1, 0.15) is 5.78 Å². The van der Waals surface area contributed by atoms with Gasteiger partial charge < -0.3 is 5.32 Å². The Morgan fingerprint density at radius 1 is 1.27 bits per heavy atom. The van der Waals surface area contributed by atoms with Crippen LogP contribution in [-0.2, 0) is 4.79 Å². The van der Waals surface area contributed by atoms with Crippen LogP contribution in [0.3, 0.4) is 0 Å². The number of unbranched alkanes of at least 4 members (excludes halogenated alkanes) is 1. The summed E-state index contributed by atoms with van der Waals surface area (Å²) >= 11 is 0. The van der Waals surface area contributed by atoms with Gasteiger partial charge in [-0.1, -0.05) is 32.6 Å². The molecule has 1 N–H and O–H groups in total. The maximum Gasteiger partial charge on any atom is 0.134 e. The van der Waals surface area contributed by atoms with Crippen LogP contribution in [0.15, 0.2) is 0 Å². The minimum absolute atomic E-state index is 0.142. The molecule has 0 bridgehead atoms. The number of hydrogen-bond donors (Lipinski definition) is 1. The van der Waals surface area contributed by atoms with Crippen LogP contribution < -0.4 is 5.32 Å². The first-order valence-electron chi connectivity index (χ1n) is 6.43. The van der Waals surface area contributed by atoms with Crippen molar-refractivity contribution in [2.75, 3.05) is 7.05 Å². The molecular formula is C13H25NO. The molecule has 1 aliphatic rings. The average Bonchev–Trinajstić information content (AvgIpc) is 2.27. The summed E-state index contributed by atoms with van der Waals surface area (Å²) in [7, 11) is 2.01. The molecular weight excluding hydrogens is 186 g/mol. The van der Waals surface area contributed by atoms with E-state index in [0.29, 0.717) is 5.78 Å². The fraction of sp³-hybridized carbons (Fsp3) is 0.923. The SMILES string of the molecule is CCCCC(=O)CC1(NC)CCCCC1. The number of hydrogen-bond acceptors (Lipinski definition) is 2. The third-order valence-corrected chi connectivity index (χ3v) is 3.69. The molecule has 0 saturated heterocycles. The van der Waals surface area contributed by atoms with E-state index in [4.69, 9.17) is 0 Å². The lowest BCUT2D eigenvalue weighted by Gasteiger charge is -2.36. The van der Waals surface area contributed by atoms with Gasteiger partial charge in [-0.25, -0.2) is 0 Å². The zero-order valence-electron chi connectivity index (χ0n) is 10.3. The van der Waals surface area contributed by atoms with Crippen molar-refractivity contribution in [2.24, 2.45) is 0 Å². The van der Waals surface area contributed by atoms with Crippen LogP contribution in [-0.4, -0.2) is 18.4 Å². The van der Waals surface area contributed by atoms with Gasteiger partial charge in [-0.3, -0.25) is 4.79 Å². The van der Waals surface area contributed by atoms with Crippen LogP contribution in [0.2, 0.25) is 0 Å². The fourth-order valence-electron chi connectivity index (χ4n) is 2.58. The van der Waals surface area contributed by atoms with E-state index in [9.17, 15) is 4.79 Å². The highest BCUT2D eigenvalue weighted by Crippen LogP contribution is 2.31. The monoisotopic (exact) mass is 211 g/mol. The van der Waals surface area contributed by atoms with E-state index in [1.807, 2.05) is 7.05 Å². The molecule has 0 aromatic rings. The maximum absolute atomic E-state index is 11.8. The molecule has 88 valence electrons. The Hall–Kier alpha value is -0.370. The normalized spacial score (nSPS) is 20.1. The summed E-state index contributed by atoms with van der Waals surface area (Å²) in [5.41, 5.74) is 0.142. The van der Waals surface area contributed by atoms with E-state index < -0.39 is 0 Å². The molecule has 0 spiro atoms. The summed E-state index contributed by atoms with van der Waals surface area (Å²) in [4.78, 5) is 11.8. The standard InChI is InChI=1S/C13H25NO/c1-3-4-8-12(15)11-13(14-2)9-6-5-7-10-13/h14H,3-11H2,1-2H3. The highest BCUT2D eigenvalue weighted by Gasteiger charge is 2.31. The van der Waals surface area contributed by atoms with Crippen LogP contribution >= 0.6 is 0 Å². The number of nitrogens with one attached hydrogen (secondary N) is 1. The largest absolute Gasteiger partial charge is 0.314 e. The van der Waals surface area contributed by atoms with Gasteiger partial charge in [0, 0.05) is 18.4 Å². The van der Waals surface area contributed by atoms with Crippen molar-refractivity contribution in [3.8, 4) is 0 Å². The van der Waals surface area contributed by atoms with Crippen LogP contribution in [0.5, 0.6) is 0 Å². The van der Waals surface area contributed by atoms with E-state index in [-0.39, 0.29) is 5.54 Å². The summed E-state index contributed by atoms with van der Waals surface area (Å²) in [5.74, 6) is 0.452. The first-order valence-corrected chi connectivity index (χ1v) is 6.43. The second-order valence-corrected chi connectivity index (χ2v) is 4.91. The van der Waals surface area contributed by atoms with Crippen molar-refractivity contribution in [1.82, 2.24) is 5.32 Å². The molecule has 0 amide bonds. The second kappa shape index (κ2) is 6.26. The summed E-state index contributed by atoms with van der Waals surface area (Å²) in [6.07, 6.45) is 9.97. The third-order valence-electron chi connectivity index (χ3n) is 3.69. The lowest BCUT2D eigenvalue weighted by atomic mass is 9.78.